The SMILES string of the molecule is CC(C)NCc1ccc(N2CCC(C(C)O)CC2)c(Cl)c1. The molecule has 21 heavy (non-hydrogen) atoms. The number of piperidine rings is 1. The summed E-state index contributed by atoms with van der Waals surface area (Å²) in [5.74, 6) is 0.426. The molecular formula is C17H27ClN2O. The summed E-state index contributed by atoms with van der Waals surface area (Å²) in [6.45, 7) is 8.97. The van der Waals surface area contributed by atoms with E-state index < -0.39 is 0 Å². The summed E-state index contributed by atoms with van der Waals surface area (Å²) in [6, 6.07) is 6.81. The molecule has 1 heterocycles. The summed E-state index contributed by atoms with van der Waals surface area (Å²) >= 11 is 6.46. The first-order chi connectivity index (χ1) is 9.97. The highest BCUT2D eigenvalue weighted by Crippen LogP contribution is 2.31. The molecule has 1 atom stereocenters. The molecule has 0 amide bonds. The van der Waals surface area contributed by atoms with E-state index in [-0.39, 0.29) is 6.10 Å². The van der Waals surface area contributed by atoms with Crippen LogP contribution in [0.15, 0.2) is 18.2 Å². The van der Waals surface area contributed by atoms with Gasteiger partial charge < -0.3 is 15.3 Å². The molecule has 0 saturated carbocycles. The second kappa shape index (κ2) is 7.48. The van der Waals surface area contributed by atoms with E-state index in [4.69, 9.17) is 11.6 Å². The average Bonchev–Trinajstić information content (AvgIpc) is 2.45. The fraction of sp³-hybridized carbons (Fsp3) is 0.647. The number of rotatable bonds is 5. The number of hydrogen-bond acceptors (Lipinski definition) is 3. The summed E-state index contributed by atoms with van der Waals surface area (Å²) in [7, 11) is 0. The van der Waals surface area contributed by atoms with Crippen molar-refractivity contribution in [2.45, 2.75) is 52.3 Å². The van der Waals surface area contributed by atoms with E-state index in [0.29, 0.717) is 12.0 Å². The fourth-order valence-corrected chi connectivity index (χ4v) is 3.18. The number of anilines is 1. The van der Waals surface area contributed by atoms with Crippen LogP contribution in [0, 0.1) is 5.92 Å². The Morgan fingerprint density at radius 3 is 2.48 bits per heavy atom. The van der Waals surface area contributed by atoms with Crippen LogP contribution in [-0.4, -0.2) is 30.3 Å². The van der Waals surface area contributed by atoms with E-state index >= 15 is 0 Å². The molecule has 1 aliphatic rings. The van der Waals surface area contributed by atoms with Crippen LogP contribution in [0.1, 0.15) is 39.2 Å². The van der Waals surface area contributed by atoms with Crippen molar-refractivity contribution in [3.63, 3.8) is 0 Å². The lowest BCUT2D eigenvalue weighted by Gasteiger charge is -2.35. The van der Waals surface area contributed by atoms with Crippen molar-refractivity contribution in [3.05, 3.63) is 28.8 Å². The van der Waals surface area contributed by atoms with Gasteiger partial charge in [0.15, 0.2) is 0 Å². The van der Waals surface area contributed by atoms with Gasteiger partial charge in [-0.25, -0.2) is 0 Å². The van der Waals surface area contributed by atoms with Crippen molar-refractivity contribution < 1.29 is 5.11 Å². The van der Waals surface area contributed by atoms with E-state index in [1.54, 1.807) is 0 Å². The summed E-state index contributed by atoms with van der Waals surface area (Å²) < 4.78 is 0. The number of benzene rings is 1. The number of halogens is 1. The van der Waals surface area contributed by atoms with Crippen LogP contribution < -0.4 is 10.2 Å². The molecule has 0 aromatic heterocycles. The summed E-state index contributed by atoms with van der Waals surface area (Å²) in [5, 5.41) is 13.9. The Morgan fingerprint density at radius 2 is 1.95 bits per heavy atom. The molecule has 2 N–H and O–H groups in total. The lowest BCUT2D eigenvalue weighted by atomic mass is 9.92. The van der Waals surface area contributed by atoms with Crippen molar-refractivity contribution in [3.8, 4) is 0 Å². The Hall–Kier alpha value is -0.770. The predicted molar refractivity (Wildman–Crippen MR) is 90.0 cm³/mol. The van der Waals surface area contributed by atoms with Crippen molar-refractivity contribution in [1.29, 1.82) is 0 Å². The van der Waals surface area contributed by atoms with Crippen LogP contribution in [-0.2, 0) is 6.54 Å². The number of nitrogens with one attached hydrogen (secondary N) is 1. The minimum absolute atomic E-state index is 0.202. The molecule has 2 rings (SSSR count). The first-order valence-electron chi connectivity index (χ1n) is 7.92. The molecule has 0 aliphatic carbocycles. The standard InChI is InChI=1S/C17H27ClN2O/c1-12(2)19-11-14-4-5-17(16(18)10-14)20-8-6-15(7-9-20)13(3)21/h4-5,10,12-13,15,19,21H,6-9,11H2,1-3H3. The zero-order valence-electron chi connectivity index (χ0n) is 13.3. The van der Waals surface area contributed by atoms with Gasteiger partial charge in [-0.15, -0.1) is 0 Å². The molecule has 118 valence electrons. The quantitative estimate of drug-likeness (QED) is 0.874. The maximum absolute atomic E-state index is 9.68. The highest BCUT2D eigenvalue weighted by Gasteiger charge is 2.23. The van der Waals surface area contributed by atoms with Crippen LogP contribution in [0.5, 0.6) is 0 Å². The molecule has 1 aromatic rings. The number of aliphatic hydroxyl groups excluding tert-OH is 1. The Bertz CT molecular complexity index is 454. The third-order valence-electron chi connectivity index (χ3n) is 4.29. The molecule has 1 aromatic carbocycles. The van der Waals surface area contributed by atoms with Gasteiger partial charge in [0, 0.05) is 25.7 Å². The molecule has 1 fully saturated rings. The first-order valence-corrected chi connectivity index (χ1v) is 8.30. The largest absolute Gasteiger partial charge is 0.393 e. The number of nitrogens with zero attached hydrogens (tertiary/aromatic N) is 1. The van der Waals surface area contributed by atoms with Crippen molar-refractivity contribution in [2.75, 3.05) is 18.0 Å². The van der Waals surface area contributed by atoms with Gasteiger partial charge in [0.05, 0.1) is 16.8 Å². The minimum Gasteiger partial charge on any atom is -0.393 e. The molecular weight excluding hydrogens is 284 g/mol. The van der Waals surface area contributed by atoms with Crippen LogP contribution in [0.4, 0.5) is 5.69 Å². The second-order valence-corrected chi connectivity index (χ2v) is 6.79. The van der Waals surface area contributed by atoms with Crippen LogP contribution >= 0.6 is 11.6 Å². The van der Waals surface area contributed by atoms with Gasteiger partial charge in [-0.1, -0.05) is 31.5 Å². The monoisotopic (exact) mass is 310 g/mol. The van der Waals surface area contributed by atoms with Gasteiger partial charge in [-0.3, -0.25) is 0 Å². The van der Waals surface area contributed by atoms with Gasteiger partial charge >= 0.3 is 0 Å². The third kappa shape index (κ3) is 4.60. The molecule has 3 nitrogen and oxygen atoms in total. The Kier molecular flexibility index (Phi) is 5.91. The third-order valence-corrected chi connectivity index (χ3v) is 4.59. The Morgan fingerprint density at radius 1 is 1.29 bits per heavy atom. The molecule has 1 unspecified atom stereocenters. The average molecular weight is 311 g/mol. The number of aliphatic hydroxyl groups is 1. The predicted octanol–water partition coefficient (Wildman–Crippen LogP) is 3.44. The van der Waals surface area contributed by atoms with E-state index in [1.807, 2.05) is 6.92 Å². The second-order valence-electron chi connectivity index (χ2n) is 6.39. The first kappa shape index (κ1) is 16.6. The normalized spacial score (nSPS) is 18.3. The summed E-state index contributed by atoms with van der Waals surface area (Å²) in [6.07, 6.45) is 1.86. The van der Waals surface area contributed by atoms with E-state index in [0.717, 1.165) is 43.2 Å². The fourth-order valence-electron chi connectivity index (χ4n) is 2.86. The van der Waals surface area contributed by atoms with E-state index in [1.165, 1.54) is 5.56 Å². The molecule has 0 spiro atoms. The van der Waals surface area contributed by atoms with E-state index in [9.17, 15) is 5.11 Å². The Labute approximate surface area is 133 Å². The van der Waals surface area contributed by atoms with Gasteiger partial charge in [0.2, 0.25) is 0 Å². The summed E-state index contributed by atoms with van der Waals surface area (Å²) in [4.78, 5) is 2.33. The number of hydrogen-bond donors (Lipinski definition) is 2. The van der Waals surface area contributed by atoms with Gasteiger partial charge in [0.1, 0.15) is 0 Å². The van der Waals surface area contributed by atoms with Crippen molar-refractivity contribution in [1.82, 2.24) is 5.32 Å². The van der Waals surface area contributed by atoms with Crippen LogP contribution in [0.3, 0.4) is 0 Å². The topological polar surface area (TPSA) is 35.5 Å². The van der Waals surface area contributed by atoms with E-state index in [2.05, 4.69) is 42.3 Å². The minimum atomic E-state index is -0.202. The molecule has 0 bridgehead atoms. The smallest absolute Gasteiger partial charge is 0.0642 e. The highest BCUT2D eigenvalue weighted by molar-refractivity contribution is 6.33. The molecule has 4 heteroatoms. The van der Waals surface area contributed by atoms with Gasteiger partial charge in [0.25, 0.3) is 0 Å². The molecule has 1 saturated heterocycles. The zero-order valence-corrected chi connectivity index (χ0v) is 14.0. The van der Waals surface area contributed by atoms with Crippen molar-refractivity contribution >= 4 is 17.3 Å². The lowest BCUT2D eigenvalue weighted by Crippen LogP contribution is -2.37. The van der Waals surface area contributed by atoms with Gasteiger partial charge in [-0.2, -0.15) is 0 Å². The lowest BCUT2D eigenvalue weighted by molar-refractivity contribution is 0.110. The highest BCUT2D eigenvalue weighted by atomic mass is 35.5. The maximum Gasteiger partial charge on any atom is 0.0642 e. The molecule has 1 aliphatic heterocycles. The van der Waals surface area contributed by atoms with Crippen LogP contribution in [0.25, 0.3) is 0 Å². The summed E-state index contributed by atoms with van der Waals surface area (Å²) in [5.41, 5.74) is 2.34. The van der Waals surface area contributed by atoms with Crippen molar-refractivity contribution in [2.24, 2.45) is 5.92 Å². The maximum atomic E-state index is 9.68. The Balaban J connectivity index is 1.98. The van der Waals surface area contributed by atoms with Crippen LogP contribution in [0.2, 0.25) is 5.02 Å². The molecule has 0 radical (unpaired) electrons. The zero-order chi connectivity index (χ0) is 15.4. The van der Waals surface area contributed by atoms with Gasteiger partial charge in [-0.05, 0) is 43.4 Å².